The van der Waals surface area contributed by atoms with Crippen molar-refractivity contribution < 1.29 is 4.74 Å². The van der Waals surface area contributed by atoms with E-state index in [1.807, 2.05) is 12.3 Å². The van der Waals surface area contributed by atoms with Gasteiger partial charge in [0.2, 0.25) is 5.88 Å². The summed E-state index contributed by atoms with van der Waals surface area (Å²) in [5.74, 6) is 0.756. The molecule has 1 unspecified atom stereocenters. The molecule has 0 bridgehead atoms. The van der Waals surface area contributed by atoms with Gasteiger partial charge < -0.3 is 15.0 Å². The van der Waals surface area contributed by atoms with Crippen LogP contribution in [0.5, 0.6) is 5.88 Å². The first-order valence-corrected chi connectivity index (χ1v) is 7.73. The first kappa shape index (κ1) is 15.3. The Morgan fingerprint density at radius 3 is 2.75 bits per heavy atom. The average molecular weight is 277 g/mol. The molecule has 0 amide bonds. The molecule has 20 heavy (non-hydrogen) atoms. The van der Waals surface area contributed by atoms with Crippen LogP contribution >= 0.6 is 0 Å². The van der Waals surface area contributed by atoms with Crippen LogP contribution < -0.4 is 10.1 Å². The van der Waals surface area contributed by atoms with Gasteiger partial charge in [-0.05, 0) is 45.3 Å². The minimum atomic E-state index is 0.320. The Balaban J connectivity index is 1.85. The van der Waals surface area contributed by atoms with Crippen molar-refractivity contribution in [3.05, 3.63) is 23.9 Å². The number of nitrogens with zero attached hydrogens (tertiary/aromatic N) is 2. The van der Waals surface area contributed by atoms with E-state index in [2.05, 4.69) is 42.2 Å². The normalized spacial score (nSPS) is 18.9. The summed E-state index contributed by atoms with van der Waals surface area (Å²) in [4.78, 5) is 6.79. The Morgan fingerprint density at radius 1 is 1.40 bits per heavy atom. The van der Waals surface area contributed by atoms with Crippen LogP contribution in [-0.4, -0.2) is 42.7 Å². The lowest BCUT2D eigenvalue weighted by molar-refractivity contribution is 0.110. The molecule has 0 spiro atoms. The molecule has 4 nitrogen and oxygen atoms in total. The van der Waals surface area contributed by atoms with Gasteiger partial charge in [-0.15, -0.1) is 0 Å². The second-order valence-corrected chi connectivity index (χ2v) is 5.73. The molecule has 0 aliphatic carbocycles. The fourth-order valence-electron chi connectivity index (χ4n) is 2.47. The molecule has 2 rings (SSSR count). The molecular weight excluding hydrogens is 250 g/mol. The van der Waals surface area contributed by atoms with Gasteiger partial charge >= 0.3 is 0 Å². The Hall–Kier alpha value is -1.13. The molecular formula is C16H27N3O. The zero-order valence-corrected chi connectivity index (χ0v) is 12.9. The Morgan fingerprint density at radius 2 is 2.15 bits per heavy atom. The second-order valence-electron chi connectivity index (χ2n) is 5.73. The topological polar surface area (TPSA) is 37.4 Å². The largest absolute Gasteiger partial charge is 0.474 e. The van der Waals surface area contributed by atoms with Crippen molar-refractivity contribution in [1.82, 2.24) is 15.2 Å². The molecule has 1 aliphatic heterocycles. The fraction of sp³-hybridized carbons (Fsp3) is 0.688. The number of nitrogens with one attached hydrogen (secondary N) is 1. The van der Waals surface area contributed by atoms with Gasteiger partial charge in [-0.2, -0.15) is 0 Å². The van der Waals surface area contributed by atoms with E-state index in [0.29, 0.717) is 12.1 Å². The van der Waals surface area contributed by atoms with Crippen LogP contribution in [0, 0.1) is 0 Å². The minimum Gasteiger partial charge on any atom is -0.474 e. The zero-order valence-electron chi connectivity index (χ0n) is 12.9. The number of aromatic nitrogens is 1. The van der Waals surface area contributed by atoms with E-state index in [4.69, 9.17) is 4.74 Å². The number of ether oxygens (including phenoxy) is 1. The predicted octanol–water partition coefficient (Wildman–Crippen LogP) is 2.62. The van der Waals surface area contributed by atoms with Gasteiger partial charge in [-0.25, -0.2) is 4.98 Å². The molecule has 4 heteroatoms. The van der Waals surface area contributed by atoms with Crippen LogP contribution in [0.1, 0.15) is 44.7 Å². The smallest absolute Gasteiger partial charge is 0.213 e. The van der Waals surface area contributed by atoms with E-state index in [9.17, 15) is 0 Å². The second kappa shape index (κ2) is 7.60. The molecule has 1 aromatic heterocycles. The van der Waals surface area contributed by atoms with Crippen molar-refractivity contribution in [2.24, 2.45) is 0 Å². The van der Waals surface area contributed by atoms with E-state index in [-0.39, 0.29) is 0 Å². The summed E-state index contributed by atoms with van der Waals surface area (Å²) in [6, 6.07) is 4.46. The van der Waals surface area contributed by atoms with Gasteiger partial charge in [0.1, 0.15) is 6.10 Å². The van der Waals surface area contributed by atoms with Crippen molar-refractivity contribution in [1.29, 1.82) is 0 Å². The lowest BCUT2D eigenvalue weighted by Crippen LogP contribution is -2.35. The highest BCUT2D eigenvalue weighted by molar-refractivity contribution is 5.20. The number of likely N-dealkylation sites (tertiary alicyclic amines) is 1. The van der Waals surface area contributed by atoms with Crippen molar-refractivity contribution in [2.45, 2.75) is 45.3 Å². The van der Waals surface area contributed by atoms with E-state index >= 15 is 0 Å². The van der Waals surface area contributed by atoms with E-state index in [1.54, 1.807) is 0 Å². The van der Waals surface area contributed by atoms with Gasteiger partial charge in [0.15, 0.2) is 0 Å². The Bertz CT molecular complexity index is 385. The fourth-order valence-corrected chi connectivity index (χ4v) is 2.47. The summed E-state index contributed by atoms with van der Waals surface area (Å²) < 4.78 is 5.96. The van der Waals surface area contributed by atoms with Crippen molar-refractivity contribution in [2.75, 3.05) is 26.7 Å². The van der Waals surface area contributed by atoms with Gasteiger partial charge in [-0.3, -0.25) is 0 Å². The maximum Gasteiger partial charge on any atom is 0.213 e. The number of pyridine rings is 1. The highest BCUT2D eigenvalue weighted by atomic mass is 16.5. The molecule has 0 aromatic carbocycles. The summed E-state index contributed by atoms with van der Waals surface area (Å²) in [5, 5.41) is 3.47. The van der Waals surface area contributed by atoms with Crippen LogP contribution in [0.3, 0.4) is 0 Å². The molecule has 0 radical (unpaired) electrons. The van der Waals surface area contributed by atoms with Crippen LogP contribution in [0.2, 0.25) is 0 Å². The lowest BCUT2D eigenvalue weighted by Gasteiger charge is -2.29. The van der Waals surface area contributed by atoms with E-state index in [0.717, 1.165) is 44.8 Å². The maximum absolute atomic E-state index is 5.96. The molecule has 112 valence electrons. The van der Waals surface area contributed by atoms with Crippen LogP contribution in [0.25, 0.3) is 0 Å². The molecule has 0 saturated carbocycles. The van der Waals surface area contributed by atoms with Gasteiger partial charge in [0, 0.05) is 31.4 Å². The zero-order chi connectivity index (χ0) is 14.4. The molecule has 1 aliphatic rings. The first-order valence-electron chi connectivity index (χ1n) is 7.73. The summed E-state index contributed by atoms with van der Waals surface area (Å²) in [6.45, 7) is 7.61. The third-order valence-electron chi connectivity index (χ3n) is 3.91. The molecule has 1 atom stereocenters. The SMILES string of the molecule is CCCNC(C)c1ccc(OC2CCN(C)CC2)nc1. The van der Waals surface area contributed by atoms with Gasteiger partial charge in [0.25, 0.3) is 0 Å². The molecule has 1 aromatic rings. The van der Waals surface area contributed by atoms with E-state index in [1.165, 1.54) is 5.56 Å². The monoisotopic (exact) mass is 277 g/mol. The Kier molecular flexibility index (Phi) is 5.80. The highest BCUT2D eigenvalue weighted by Crippen LogP contribution is 2.18. The average Bonchev–Trinajstić information content (AvgIpc) is 2.48. The highest BCUT2D eigenvalue weighted by Gasteiger charge is 2.18. The third kappa shape index (κ3) is 4.46. The summed E-state index contributed by atoms with van der Waals surface area (Å²) in [7, 11) is 2.16. The van der Waals surface area contributed by atoms with Crippen LogP contribution in [0.15, 0.2) is 18.3 Å². The van der Waals surface area contributed by atoms with Crippen molar-refractivity contribution >= 4 is 0 Å². The quantitative estimate of drug-likeness (QED) is 0.867. The lowest BCUT2D eigenvalue weighted by atomic mass is 10.1. The van der Waals surface area contributed by atoms with Crippen molar-refractivity contribution in [3.63, 3.8) is 0 Å². The van der Waals surface area contributed by atoms with Gasteiger partial charge in [-0.1, -0.05) is 13.0 Å². The minimum absolute atomic E-state index is 0.320. The number of piperidine rings is 1. The predicted molar refractivity (Wildman–Crippen MR) is 82.1 cm³/mol. The maximum atomic E-state index is 5.96. The van der Waals surface area contributed by atoms with Crippen LogP contribution in [-0.2, 0) is 0 Å². The number of hydrogen-bond donors (Lipinski definition) is 1. The summed E-state index contributed by atoms with van der Waals surface area (Å²) >= 11 is 0. The standard InChI is InChI=1S/C16H27N3O/c1-4-9-17-13(2)14-5-6-16(18-12-14)20-15-7-10-19(3)11-8-15/h5-6,12-13,15,17H,4,7-11H2,1-3H3. The molecule has 2 heterocycles. The summed E-state index contributed by atoms with van der Waals surface area (Å²) in [6.07, 6.45) is 5.58. The summed E-state index contributed by atoms with van der Waals surface area (Å²) in [5.41, 5.74) is 1.22. The Labute approximate surface area is 122 Å². The third-order valence-corrected chi connectivity index (χ3v) is 3.91. The van der Waals surface area contributed by atoms with Crippen LogP contribution in [0.4, 0.5) is 0 Å². The van der Waals surface area contributed by atoms with E-state index < -0.39 is 0 Å². The number of hydrogen-bond acceptors (Lipinski definition) is 4. The molecule has 1 N–H and O–H groups in total. The number of rotatable bonds is 6. The molecule has 1 saturated heterocycles. The molecule has 1 fully saturated rings. The van der Waals surface area contributed by atoms with Crippen molar-refractivity contribution in [3.8, 4) is 5.88 Å². The van der Waals surface area contributed by atoms with Gasteiger partial charge in [0.05, 0.1) is 0 Å². The first-order chi connectivity index (χ1) is 9.69.